The van der Waals surface area contributed by atoms with Crippen LogP contribution in [0.25, 0.3) is 0 Å². The van der Waals surface area contributed by atoms with Crippen LogP contribution in [0.5, 0.6) is 0 Å². The van der Waals surface area contributed by atoms with Crippen molar-refractivity contribution in [3.63, 3.8) is 0 Å². The number of rotatable bonds is 6. The van der Waals surface area contributed by atoms with E-state index < -0.39 is 0 Å². The first-order valence-corrected chi connectivity index (χ1v) is 9.92. The summed E-state index contributed by atoms with van der Waals surface area (Å²) in [6.45, 7) is 5.86. The van der Waals surface area contributed by atoms with Crippen molar-refractivity contribution in [2.75, 3.05) is 9.91 Å². The third-order valence-electron chi connectivity index (χ3n) is 4.96. The Morgan fingerprint density at radius 3 is 2.47 bits per heavy atom. The lowest BCUT2D eigenvalue weighted by atomic mass is 10.0. The molecule has 30 heavy (non-hydrogen) atoms. The second kappa shape index (κ2) is 9.05. The van der Waals surface area contributed by atoms with Gasteiger partial charge in [0.2, 0.25) is 0 Å². The molecule has 0 amide bonds. The topological polar surface area (TPSA) is 31.7 Å². The van der Waals surface area contributed by atoms with Crippen LogP contribution in [0.2, 0.25) is 0 Å². The van der Waals surface area contributed by atoms with E-state index in [0.717, 1.165) is 34.8 Å². The van der Waals surface area contributed by atoms with Gasteiger partial charge < -0.3 is 4.90 Å². The van der Waals surface area contributed by atoms with Crippen molar-refractivity contribution in [3.05, 3.63) is 120 Å². The van der Waals surface area contributed by atoms with Gasteiger partial charge in [0.1, 0.15) is 0 Å². The van der Waals surface area contributed by atoms with Gasteiger partial charge in [-0.3, -0.25) is 4.98 Å². The van der Waals surface area contributed by atoms with E-state index in [1.54, 1.807) is 6.20 Å². The molecule has 4 heteroatoms. The summed E-state index contributed by atoms with van der Waals surface area (Å²) in [5, 5.41) is 5.99. The number of anilines is 3. The van der Waals surface area contributed by atoms with Gasteiger partial charge in [0.05, 0.1) is 17.6 Å². The Hall–Kier alpha value is -3.92. The van der Waals surface area contributed by atoms with Crippen molar-refractivity contribution in [2.24, 2.45) is 5.10 Å². The van der Waals surface area contributed by atoms with Crippen LogP contribution in [0, 0.1) is 6.92 Å². The Morgan fingerprint density at radius 2 is 1.73 bits per heavy atom. The Bertz CT molecular complexity index is 1100. The average Bonchev–Trinajstić information content (AvgIpc) is 2.80. The van der Waals surface area contributed by atoms with E-state index in [9.17, 15) is 0 Å². The number of nitrogens with zero attached hydrogens (tertiary/aromatic N) is 4. The predicted molar refractivity (Wildman–Crippen MR) is 126 cm³/mol. The van der Waals surface area contributed by atoms with Crippen molar-refractivity contribution in [1.29, 1.82) is 0 Å². The first kappa shape index (κ1) is 19.4. The predicted octanol–water partition coefficient (Wildman–Crippen LogP) is 6.38. The molecule has 3 aromatic rings. The summed E-state index contributed by atoms with van der Waals surface area (Å²) < 4.78 is 0. The molecule has 0 N–H and O–H groups in total. The Kier molecular flexibility index (Phi) is 5.85. The zero-order valence-electron chi connectivity index (χ0n) is 17.0. The summed E-state index contributed by atoms with van der Waals surface area (Å²) in [5.74, 6) is 0. The van der Waals surface area contributed by atoms with Crippen molar-refractivity contribution < 1.29 is 0 Å². The molecule has 0 saturated heterocycles. The van der Waals surface area contributed by atoms with Crippen LogP contribution in [0.1, 0.15) is 12.0 Å². The maximum absolute atomic E-state index is 4.34. The van der Waals surface area contributed by atoms with Crippen LogP contribution in [0.4, 0.5) is 17.1 Å². The van der Waals surface area contributed by atoms with Crippen LogP contribution in [0.3, 0.4) is 0 Å². The summed E-state index contributed by atoms with van der Waals surface area (Å²) in [6.07, 6.45) is 13.1. The van der Waals surface area contributed by atoms with Gasteiger partial charge in [0, 0.05) is 30.5 Å². The summed E-state index contributed by atoms with van der Waals surface area (Å²) in [4.78, 5) is 6.57. The molecule has 148 valence electrons. The number of hydrogen-bond donors (Lipinski definition) is 0. The third kappa shape index (κ3) is 4.23. The van der Waals surface area contributed by atoms with Gasteiger partial charge in [-0.05, 0) is 67.0 Å². The monoisotopic (exact) mass is 392 g/mol. The molecule has 4 nitrogen and oxygen atoms in total. The van der Waals surface area contributed by atoms with Gasteiger partial charge in [-0.25, -0.2) is 5.01 Å². The normalized spacial score (nSPS) is 14.3. The number of allylic oxidation sites excluding steroid dienone is 4. The molecule has 0 radical (unpaired) electrons. The standard InChI is InChI=1S/C26H24N4/c1-21-10-6-7-16-26(21)30(25-15-9-17-28-19-25)24-14-8-11-22(18-24)20-29(27-2)23-12-4-3-5-13-23/h3-10,12-20H,2,11H2,1H3/b22-20+. The van der Waals surface area contributed by atoms with Crippen LogP contribution >= 0.6 is 0 Å². The Labute approximate surface area is 177 Å². The van der Waals surface area contributed by atoms with E-state index in [2.05, 4.69) is 77.2 Å². The molecule has 1 aliphatic carbocycles. The van der Waals surface area contributed by atoms with Crippen LogP contribution in [0.15, 0.2) is 120 Å². The van der Waals surface area contributed by atoms with E-state index in [0.29, 0.717) is 0 Å². The second-order valence-corrected chi connectivity index (χ2v) is 7.03. The fraction of sp³-hybridized carbons (Fsp3) is 0.0769. The molecule has 0 atom stereocenters. The molecule has 0 saturated carbocycles. The van der Waals surface area contributed by atoms with Crippen molar-refractivity contribution in [2.45, 2.75) is 13.3 Å². The quantitative estimate of drug-likeness (QED) is 0.360. The van der Waals surface area contributed by atoms with Gasteiger partial charge in [-0.15, -0.1) is 0 Å². The highest BCUT2D eigenvalue weighted by Crippen LogP contribution is 2.34. The first-order chi connectivity index (χ1) is 14.8. The molecule has 0 bridgehead atoms. The molecule has 0 aliphatic heterocycles. The van der Waals surface area contributed by atoms with E-state index in [1.165, 1.54) is 5.56 Å². The Balaban J connectivity index is 1.76. The minimum Gasteiger partial charge on any atom is -0.309 e. The molecule has 0 fully saturated rings. The van der Waals surface area contributed by atoms with Crippen LogP contribution in [-0.4, -0.2) is 11.7 Å². The fourth-order valence-electron chi connectivity index (χ4n) is 3.50. The molecular formula is C26H24N4. The van der Waals surface area contributed by atoms with Crippen molar-refractivity contribution in [3.8, 4) is 0 Å². The summed E-state index contributed by atoms with van der Waals surface area (Å²) in [7, 11) is 0. The molecular weight excluding hydrogens is 368 g/mol. The van der Waals surface area contributed by atoms with Crippen LogP contribution < -0.4 is 9.91 Å². The van der Waals surface area contributed by atoms with E-state index in [4.69, 9.17) is 0 Å². The second-order valence-electron chi connectivity index (χ2n) is 7.03. The van der Waals surface area contributed by atoms with Gasteiger partial charge >= 0.3 is 0 Å². The highest BCUT2D eigenvalue weighted by Gasteiger charge is 2.17. The zero-order valence-corrected chi connectivity index (χ0v) is 17.0. The first-order valence-electron chi connectivity index (χ1n) is 9.92. The third-order valence-corrected chi connectivity index (χ3v) is 4.96. The molecule has 0 unspecified atom stereocenters. The average molecular weight is 393 g/mol. The number of aryl methyl sites for hydroxylation is 1. The number of hydrogen-bond acceptors (Lipinski definition) is 4. The van der Waals surface area contributed by atoms with E-state index in [-0.39, 0.29) is 0 Å². The lowest BCUT2D eigenvalue weighted by Gasteiger charge is -2.29. The zero-order chi connectivity index (χ0) is 20.8. The highest BCUT2D eigenvalue weighted by atomic mass is 15.4. The molecule has 2 aromatic carbocycles. The SMILES string of the molecule is C=NN(/C=C1/C=C(N(c2cccnc2)c2ccccc2C)C=CC1)c1ccccc1. The summed E-state index contributed by atoms with van der Waals surface area (Å²) in [6, 6.07) is 22.4. The van der Waals surface area contributed by atoms with E-state index >= 15 is 0 Å². The summed E-state index contributed by atoms with van der Waals surface area (Å²) in [5.41, 5.74) is 6.55. The minimum absolute atomic E-state index is 0.830. The molecule has 0 spiro atoms. The van der Waals surface area contributed by atoms with Crippen molar-refractivity contribution in [1.82, 2.24) is 4.98 Å². The Morgan fingerprint density at radius 1 is 0.967 bits per heavy atom. The number of hydrazone groups is 1. The maximum atomic E-state index is 4.34. The maximum Gasteiger partial charge on any atom is 0.0645 e. The molecule has 1 aromatic heterocycles. The van der Waals surface area contributed by atoms with Gasteiger partial charge in [0.15, 0.2) is 0 Å². The highest BCUT2D eigenvalue weighted by molar-refractivity contribution is 5.73. The van der Waals surface area contributed by atoms with Crippen molar-refractivity contribution >= 4 is 23.8 Å². The van der Waals surface area contributed by atoms with Gasteiger partial charge in [-0.1, -0.05) is 42.5 Å². The number of pyridine rings is 1. The number of benzene rings is 2. The lowest BCUT2D eigenvalue weighted by molar-refractivity contribution is 1.05. The molecule has 4 rings (SSSR count). The van der Waals surface area contributed by atoms with Crippen LogP contribution in [-0.2, 0) is 0 Å². The minimum atomic E-state index is 0.830. The molecule has 1 heterocycles. The fourth-order valence-corrected chi connectivity index (χ4v) is 3.50. The van der Waals surface area contributed by atoms with Gasteiger partial charge in [0.25, 0.3) is 0 Å². The largest absolute Gasteiger partial charge is 0.309 e. The van der Waals surface area contributed by atoms with E-state index in [1.807, 2.05) is 53.8 Å². The lowest BCUT2D eigenvalue weighted by Crippen LogP contribution is -2.18. The van der Waals surface area contributed by atoms with Gasteiger partial charge in [-0.2, -0.15) is 5.10 Å². The molecule has 1 aliphatic rings. The number of para-hydroxylation sites is 2. The number of aromatic nitrogens is 1. The summed E-state index contributed by atoms with van der Waals surface area (Å²) >= 11 is 0. The smallest absolute Gasteiger partial charge is 0.0645 e.